The van der Waals surface area contributed by atoms with E-state index in [1.807, 2.05) is 0 Å². The first-order valence-electron chi connectivity index (χ1n) is 6.86. The van der Waals surface area contributed by atoms with E-state index < -0.39 is 10.2 Å². The Morgan fingerprint density at radius 3 is 2.84 bits per heavy atom. The standard InChI is InChI=1S/C11H17ClN8O4S/c1-20(16-2-3-17-25(14,21)22)11-9(18-24-19-11)10(13)15-5-8-4-7(12)6-23-8/h4,6,16-17H,2-3,5H2,1H3,(H2,13,15)(H2,14,21,22). The summed E-state index contributed by atoms with van der Waals surface area (Å²) in [4.78, 5) is 4.14. The minimum absolute atomic E-state index is 0.0760. The van der Waals surface area contributed by atoms with Gasteiger partial charge in [0.1, 0.15) is 12.0 Å². The highest BCUT2D eigenvalue weighted by Crippen LogP contribution is 2.15. The van der Waals surface area contributed by atoms with Gasteiger partial charge in [0.15, 0.2) is 11.5 Å². The van der Waals surface area contributed by atoms with Crippen molar-refractivity contribution in [3.63, 3.8) is 0 Å². The number of anilines is 1. The van der Waals surface area contributed by atoms with Crippen molar-refractivity contribution in [2.45, 2.75) is 6.54 Å². The van der Waals surface area contributed by atoms with Crippen LogP contribution >= 0.6 is 11.6 Å². The van der Waals surface area contributed by atoms with Crippen LogP contribution < -0.4 is 26.0 Å². The molecular formula is C11H17ClN8O4S. The fourth-order valence-electron chi connectivity index (χ4n) is 1.73. The van der Waals surface area contributed by atoms with E-state index in [1.54, 1.807) is 13.1 Å². The van der Waals surface area contributed by atoms with Gasteiger partial charge in [0.2, 0.25) is 5.82 Å². The zero-order valence-electron chi connectivity index (χ0n) is 13.1. The first-order valence-corrected chi connectivity index (χ1v) is 8.79. The van der Waals surface area contributed by atoms with Gasteiger partial charge in [-0.1, -0.05) is 11.6 Å². The van der Waals surface area contributed by atoms with Gasteiger partial charge in [0.25, 0.3) is 10.2 Å². The Morgan fingerprint density at radius 1 is 1.44 bits per heavy atom. The maximum absolute atomic E-state index is 10.8. The molecule has 14 heteroatoms. The van der Waals surface area contributed by atoms with Crippen LogP contribution in [0.5, 0.6) is 0 Å². The highest BCUT2D eigenvalue weighted by molar-refractivity contribution is 7.87. The molecule has 0 atom stereocenters. The van der Waals surface area contributed by atoms with Crippen LogP contribution in [-0.4, -0.2) is 44.7 Å². The molecule has 0 aliphatic heterocycles. The molecule has 0 aliphatic rings. The van der Waals surface area contributed by atoms with Crippen LogP contribution in [0, 0.1) is 0 Å². The first-order chi connectivity index (χ1) is 11.8. The lowest BCUT2D eigenvalue weighted by Gasteiger charge is -2.17. The largest absolute Gasteiger partial charge is 0.466 e. The number of nitrogens with zero attached hydrogens (tertiary/aromatic N) is 4. The summed E-state index contributed by atoms with van der Waals surface area (Å²) in [5.74, 6) is 0.890. The number of rotatable bonds is 9. The quantitative estimate of drug-likeness (QED) is 0.179. The molecule has 2 heterocycles. The lowest BCUT2D eigenvalue weighted by Crippen LogP contribution is -2.42. The normalized spacial score (nSPS) is 12.5. The Labute approximate surface area is 148 Å². The van der Waals surface area contributed by atoms with Crippen LogP contribution in [0.4, 0.5) is 5.82 Å². The highest BCUT2D eigenvalue weighted by atomic mass is 35.5. The van der Waals surface area contributed by atoms with E-state index in [-0.39, 0.29) is 37.0 Å². The Hall–Kier alpha value is -2.19. The minimum Gasteiger partial charge on any atom is -0.466 e. The Morgan fingerprint density at radius 2 is 2.20 bits per heavy atom. The number of amidine groups is 1. The lowest BCUT2D eigenvalue weighted by atomic mass is 10.4. The van der Waals surface area contributed by atoms with Gasteiger partial charge in [-0.25, -0.2) is 19.9 Å². The monoisotopic (exact) mass is 392 g/mol. The molecule has 0 unspecified atom stereocenters. The fraction of sp³-hybridized carbons (Fsp3) is 0.364. The molecule has 0 aromatic carbocycles. The number of hydrogen-bond acceptors (Lipinski definition) is 9. The molecular weight excluding hydrogens is 376 g/mol. The highest BCUT2D eigenvalue weighted by Gasteiger charge is 2.18. The van der Waals surface area contributed by atoms with E-state index in [9.17, 15) is 8.42 Å². The van der Waals surface area contributed by atoms with Gasteiger partial charge in [0, 0.05) is 26.2 Å². The van der Waals surface area contributed by atoms with E-state index in [0.29, 0.717) is 10.8 Å². The lowest BCUT2D eigenvalue weighted by molar-refractivity contribution is 0.306. The third-order valence-corrected chi connectivity index (χ3v) is 3.64. The molecule has 6 N–H and O–H groups in total. The Kier molecular flexibility index (Phi) is 6.33. The summed E-state index contributed by atoms with van der Waals surface area (Å²) < 4.78 is 33.5. The zero-order valence-corrected chi connectivity index (χ0v) is 14.7. The van der Waals surface area contributed by atoms with Crippen LogP contribution in [0.15, 0.2) is 26.4 Å². The van der Waals surface area contributed by atoms with Crippen molar-refractivity contribution in [1.29, 1.82) is 0 Å². The van der Waals surface area contributed by atoms with Gasteiger partial charge < -0.3 is 10.2 Å². The number of aliphatic imine (C=N–C) groups is 1. The maximum atomic E-state index is 10.8. The first kappa shape index (κ1) is 19.1. The fourth-order valence-corrected chi connectivity index (χ4v) is 2.28. The number of nitrogens with one attached hydrogen (secondary N) is 2. The summed E-state index contributed by atoms with van der Waals surface area (Å²) in [6, 6.07) is 1.62. The molecule has 0 fully saturated rings. The van der Waals surface area contributed by atoms with Crippen molar-refractivity contribution < 1.29 is 17.5 Å². The summed E-state index contributed by atoms with van der Waals surface area (Å²) >= 11 is 5.75. The number of nitrogens with two attached hydrogens (primary N) is 2. The smallest absolute Gasteiger partial charge is 0.274 e. The predicted octanol–water partition coefficient (Wildman–Crippen LogP) is -1.04. The number of hydrazine groups is 1. The molecule has 0 aliphatic carbocycles. The van der Waals surface area contributed by atoms with Crippen LogP contribution in [0.1, 0.15) is 11.5 Å². The molecule has 0 spiro atoms. The number of hydrogen-bond donors (Lipinski definition) is 4. The summed E-state index contributed by atoms with van der Waals surface area (Å²) in [6.07, 6.45) is 1.39. The number of halogens is 1. The number of aromatic nitrogens is 2. The van der Waals surface area contributed by atoms with Crippen molar-refractivity contribution in [3.8, 4) is 0 Å². The van der Waals surface area contributed by atoms with Crippen LogP contribution in [-0.2, 0) is 16.8 Å². The van der Waals surface area contributed by atoms with Crippen LogP contribution in [0.2, 0.25) is 5.02 Å². The topological polar surface area (TPSA) is 178 Å². The molecule has 2 aromatic heterocycles. The van der Waals surface area contributed by atoms with Crippen molar-refractivity contribution in [2.24, 2.45) is 15.9 Å². The SMILES string of the molecule is CN(NCCNS(N)(=O)=O)c1nonc1C(N)=NCc1cc(Cl)co1. The molecule has 2 aromatic rings. The van der Waals surface area contributed by atoms with E-state index in [4.69, 9.17) is 26.9 Å². The van der Waals surface area contributed by atoms with Crippen molar-refractivity contribution in [3.05, 3.63) is 28.8 Å². The van der Waals surface area contributed by atoms with Crippen molar-refractivity contribution in [2.75, 3.05) is 25.1 Å². The average Bonchev–Trinajstić information content (AvgIpc) is 3.17. The summed E-state index contributed by atoms with van der Waals surface area (Å²) in [5.41, 5.74) is 8.98. The maximum Gasteiger partial charge on any atom is 0.274 e. The summed E-state index contributed by atoms with van der Waals surface area (Å²) in [6.45, 7) is 0.480. The van der Waals surface area contributed by atoms with Gasteiger partial charge in [-0.3, -0.25) is 10.0 Å². The van der Waals surface area contributed by atoms with E-state index in [2.05, 4.69) is 30.1 Å². The molecule has 25 heavy (non-hydrogen) atoms. The van der Waals surface area contributed by atoms with Crippen molar-refractivity contribution >= 4 is 33.5 Å². The predicted molar refractivity (Wildman–Crippen MR) is 90.0 cm³/mol. The third-order valence-electron chi connectivity index (χ3n) is 2.84. The van der Waals surface area contributed by atoms with Gasteiger partial charge >= 0.3 is 0 Å². The molecule has 0 amide bonds. The minimum atomic E-state index is -3.74. The van der Waals surface area contributed by atoms with E-state index >= 15 is 0 Å². The molecule has 12 nitrogen and oxygen atoms in total. The molecule has 0 saturated carbocycles. The average molecular weight is 393 g/mol. The second kappa shape index (κ2) is 8.26. The molecule has 2 rings (SSSR count). The second-order valence-corrected chi connectivity index (χ2v) is 6.59. The molecule has 0 saturated heterocycles. The molecule has 0 bridgehead atoms. The summed E-state index contributed by atoms with van der Waals surface area (Å²) in [5, 5.41) is 14.2. The van der Waals surface area contributed by atoms with Crippen molar-refractivity contribution in [1.82, 2.24) is 20.5 Å². The van der Waals surface area contributed by atoms with Gasteiger partial charge in [-0.2, -0.15) is 8.42 Å². The Balaban J connectivity index is 1.95. The zero-order chi connectivity index (χ0) is 18.4. The van der Waals surface area contributed by atoms with Gasteiger partial charge in [-0.05, 0) is 10.3 Å². The Bertz CT molecular complexity index is 833. The second-order valence-electron chi connectivity index (χ2n) is 4.78. The van der Waals surface area contributed by atoms with Crippen LogP contribution in [0.25, 0.3) is 0 Å². The van der Waals surface area contributed by atoms with Crippen LogP contribution in [0.3, 0.4) is 0 Å². The number of furan rings is 1. The third kappa shape index (κ3) is 5.99. The van der Waals surface area contributed by atoms with Gasteiger partial charge in [-0.15, -0.1) is 0 Å². The van der Waals surface area contributed by atoms with Gasteiger partial charge in [0.05, 0.1) is 11.6 Å². The van der Waals surface area contributed by atoms with E-state index in [1.165, 1.54) is 11.3 Å². The summed E-state index contributed by atoms with van der Waals surface area (Å²) in [7, 11) is -2.12. The molecule has 138 valence electrons. The molecule has 0 radical (unpaired) electrons. The van der Waals surface area contributed by atoms with E-state index in [0.717, 1.165) is 0 Å².